The number of fused-ring (bicyclic) bond motifs is 2. The van der Waals surface area contributed by atoms with Gasteiger partial charge in [0.1, 0.15) is 11.3 Å². The Hall–Kier alpha value is -2.97. The Kier molecular flexibility index (Phi) is 4.51. The molecule has 0 radical (unpaired) electrons. The Balaban J connectivity index is 0.00000180. The van der Waals surface area contributed by atoms with E-state index in [0.29, 0.717) is 22.3 Å². The predicted octanol–water partition coefficient (Wildman–Crippen LogP) is 6.74. The van der Waals surface area contributed by atoms with Crippen molar-refractivity contribution in [3.63, 3.8) is 0 Å². The zero-order valence-corrected chi connectivity index (χ0v) is 16.3. The summed E-state index contributed by atoms with van der Waals surface area (Å²) < 4.78 is 5.82. The van der Waals surface area contributed by atoms with Gasteiger partial charge in [-0.1, -0.05) is 36.4 Å². The van der Waals surface area contributed by atoms with E-state index in [1.807, 2.05) is 60.0 Å². The third kappa shape index (κ3) is 3.13. The molecule has 134 valence electrons. The number of furan rings is 1. The van der Waals surface area contributed by atoms with E-state index < -0.39 is 0 Å². The van der Waals surface area contributed by atoms with Gasteiger partial charge in [-0.25, -0.2) is 4.98 Å². The number of para-hydroxylation sites is 2. The van der Waals surface area contributed by atoms with Gasteiger partial charge in [-0.2, -0.15) is 0 Å². The van der Waals surface area contributed by atoms with Crippen molar-refractivity contribution in [2.45, 2.75) is 0 Å². The Labute approximate surface area is 168 Å². The largest absolute Gasteiger partial charge is 0.493 e. The second-order valence-corrected chi connectivity index (χ2v) is 6.57. The summed E-state index contributed by atoms with van der Waals surface area (Å²) in [4.78, 5) is 7.34. The number of nitrogens with zero attached hydrogens (tertiary/aromatic N) is 3. The topological polar surface area (TPSA) is 86.8 Å². The van der Waals surface area contributed by atoms with E-state index in [2.05, 4.69) is 20.2 Å². The van der Waals surface area contributed by atoms with Crippen LogP contribution < -0.4 is 0 Å². The van der Waals surface area contributed by atoms with Crippen LogP contribution in [0.2, 0.25) is 0 Å². The van der Waals surface area contributed by atoms with Crippen LogP contribution in [0.1, 0.15) is 0 Å². The van der Waals surface area contributed by atoms with Gasteiger partial charge in [0.05, 0.1) is 5.52 Å². The molecule has 5 rings (SSSR count). The van der Waals surface area contributed by atoms with Crippen LogP contribution in [0.25, 0.3) is 33.3 Å². The summed E-state index contributed by atoms with van der Waals surface area (Å²) in [6.07, 6.45) is 0. The molecule has 8 heteroatoms. The quantitative estimate of drug-likeness (QED) is 0.304. The van der Waals surface area contributed by atoms with Crippen molar-refractivity contribution >= 4 is 61.0 Å². The van der Waals surface area contributed by atoms with Crippen LogP contribution >= 0.6 is 28.3 Å². The molecule has 0 aliphatic rings. The fourth-order valence-corrected chi connectivity index (χ4v) is 3.46. The average Bonchev–Trinajstić information content (AvgIpc) is 3.36. The van der Waals surface area contributed by atoms with Gasteiger partial charge >= 0.3 is 0 Å². The molecule has 0 fully saturated rings. The van der Waals surface area contributed by atoms with Crippen molar-refractivity contribution < 1.29 is 9.52 Å². The molecule has 3 heterocycles. The number of aromatic amines is 1. The zero-order valence-electron chi connectivity index (χ0n) is 13.8. The highest BCUT2D eigenvalue weighted by atomic mass is 79.9. The van der Waals surface area contributed by atoms with Gasteiger partial charge in [-0.15, -0.1) is 38.5 Å². The zero-order chi connectivity index (χ0) is 17.5. The highest BCUT2D eigenvalue weighted by molar-refractivity contribution is 8.93. The first-order valence-corrected chi connectivity index (χ1v) is 8.82. The molecule has 3 aromatic heterocycles. The van der Waals surface area contributed by atoms with Crippen molar-refractivity contribution in [1.29, 1.82) is 0 Å². The number of aromatic nitrogens is 2. The minimum absolute atomic E-state index is 0. The van der Waals surface area contributed by atoms with Crippen LogP contribution in [0.3, 0.4) is 0 Å². The average molecular weight is 441 g/mol. The van der Waals surface area contributed by atoms with Gasteiger partial charge in [-0.05, 0) is 18.2 Å². The lowest BCUT2D eigenvalue weighted by Crippen LogP contribution is -1.70. The van der Waals surface area contributed by atoms with Crippen molar-refractivity contribution in [1.82, 2.24) is 9.97 Å². The molecule has 0 saturated heterocycles. The lowest BCUT2D eigenvalue weighted by Gasteiger charge is -1.90. The van der Waals surface area contributed by atoms with Crippen molar-refractivity contribution in [3.8, 4) is 17.3 Å². The normalized spacial score (nSPS) is 11.4. The van der Waals surface area contributed by atoms with Gasteiger partial charge < -0.3 is 14.5 Å². The maximum absolute atomic E-state index is 10.0. The highest BCUT2D eigenvalue weighted by Gasteiger charge is 2.12. The molecule has 5 aromatic rings. The predicted molar refractivity (Wildman–Crippen MR) is 112 cm³/mol. The van der Waals surface area contributed by atoms with E-state index in [4.69, 9.17) is 4.42 Å². The number of aromatic hydroxyl groups is 1. The smallest absolute Gasteiger partial charge is 0.230 e. The number of thiazole rings is 1. The minimum Gasteiger partial charge on any atom is -0.493 e. The van der Waals surface area contributed by atoms with Crippen LogP contribution in [0, 0.1) is 0 Å². The molecule has 0 amide bonds. The maximum Gasteiger partial charge on any atom is 0.230 e. The first kappa shape index (κ1) is 17.4. The van der Waals surface area contributed by atoms with Crippen LogP contribution in [0.4, 0.5) is 10.8 Å². The van der Waals surface area contributed by atoms with Crippen LogP contribution in [-0.2, 0) is 0 Å². The Morgan fingerprint density at radius 3 is 2.74 bits per heavy atom. The molecule has 0 aliphatic heterocycles. The fourth-order valence-electron chi connectivity index (χ4n) is 2.84. The molecule has 0 bridgehead atoms. The molecule has 0 saturated carbocycles. The summed E-state index contributed by atoms with van der Waals surface area (Å²) in [5.41, 5.74) is 2.74. The molecule has 6 nitrogen and oxygen atoms in total. The van der Waals surface area contributed by atoms with Gasteiger partial charge in [-0.3, -0.25) is 0 Å². The summed E-state index contributed by atoms with van der Waals surface area (Å²) in [5.74, 6) is 0.683. The number of hydrogen-bond donors (Lipinski definition) is 2. The third-order valence-electron chi connectivity index (χ3n) is 4.07. The molecule has 2 N–H and O–H groups in total. The standard InChI is InChI=1S/C19H12N4O2S.BrH/c24-18-17(12-6-2-3-7-13(12)20-18)22-23-19-21-14(10-26-19)16-9-11-5-1-4-8-15(11)25-16;/h1-10,20,24H;1H. The van der Waals surface area contributed by atoms with E-state index in [9.17, 15) is 5.11 Å². The van der Waals surface area contributed by atoms with Gasteiger partial charge in [0, 0.05) is 16.2 Å². The van der Waals surface area contributed by atoms with Crippen LogP contribution in [0.5, 0.6) is 5.88 Å². The second-order valence-electron chi connectivity index (χ2n) is 5.73. The first-order valence-electron chi connectivity index (χ1n) is 7.94. The summed E-state index contributed by atoms with van der Waals surface area (Å²) in [6, 6.07) is 17.3. The van der Waals surface area contributed by atoms with E-state index >= 15 is 0 Å². The van der Waals surface area contributed by atoms with Crippen molar-refractivity contribution in [2.75, 3.05) is 0 Å². The molecule has 0 aliphatic carbocycles. The first-order chi connectivity index (χ1) is 12.8. The van der Waals surface area contributed by atoms with E-state index in [0.717, 1.165) is 21.9 Å². The molecular weight excluding hydrogens is 428 g/mol. The van der Waals surface area contributed by atoms with Gasteiger partial charge in [0.2, 0.25) is 11.0 Å². The molecular formula is C19H13BrN4O2S. The Morgan fingerprint density at radius 2 is 1.85 bits per heavy atom. The number of nitrogens with one attached hydrogen (secondary N) is 1. The van der Waals surface area contributed by atoms with E-state index in [1.54, 1.807) is 0 Å². The van der Waals surface area contributed by atoms with Crippen LogP contribution in [0.15, 0.2) is 74.6 Å². The lowest BCUT2D eigenvalue weighted by molar-refractivity contribution is 0.459. The number of rotatable bonds is 3. The summed E-state index contributed by atoms with van der Waals surface area (Å²) in [5, 5.41) is 22.6. The number of hydrogen-bond acceptors (Lipinski definition) is 6. The Morgan fingerprint density at radius 1 is 1.04 bits per heavy atom. The van der Waals surface area contributed by atoms with E-state index in [1.165, 1.54) is 11.3 Å². The molecule has 27 heavy (non-hydrogen) atoms. The van der Waals surface area contributed by atoms with Gasteiger partial charge in [0.15, 0.2) is 11.4 Å². The summed E-state index contributed by atoms with van der Waals surface area (Å²) >= 11 is 1.36. The van der Waals surface area contributed by atoms with E-state index in [-0.39, 0.29) is 22.9 Å². The summed E-state index contributed by atoms with van der Waals surface area (Å²) in [6.45, 7) is 0. The van der Waals surface area contributed by atoms with Crippen molar-refractivity contribution in [3.05, 3.63) is 60.0 Å². The molecule has 0 unspecified atom stereocenters. The number of halogens is 1. The van der Waals surface area contributed by atoms with Crippen molar-refractivity contribution in [2.24, 2.45) is 10.2 Å². The maximum atomic E-state index is 10.0. The third-order valence-corrected chi connectivity index (χ3v) is 4.79. The minimum atomic E-state index is -0.0102. The van der Waals surface area contributed by atoms with Gasteiger partial charge in [0.25, 0.3) is 0 Å². The molecule has 0 spiro atoms. The number of benzene rings is 2. The molecule has 0 atom stereocenters. The molecule has 2 aromatic carbocycles. The Bertz CT molecular complexity index is 1240. The SMILES string of the molecule is Br.Oc1[nH]c2ccccc2c1N=Nc1nc(-c2cc3ccccc3o2)cs1. The number of H-pyrrole nitrogens is 1. The summed E-state index contributed by atoms with van der Waals surface area (Å²) in [7, 11) is 0. The lowest BCUT2D eigenvalue weighted by atomic mass is 10.2. The highest BCUT2D eigenvalue weighted by Crippen LogP contribution is 2.37. The van der Waals surface area contributed by atoms with Crippen LogP contribution in [-0.4, -0.2) is 15.1 Å². The number of azo groups is 1. The monoisotopic (exact) mass is 440 g/mol. The second kappa shape index (κ2) is 6.98. The fraction of sp³-hybridized carbons (Fsp3) is 0.